The number of aliphatic hydroxyl groups excluding tert-OH is 12. The Hall–Kier alpha value is -5.71. The van der Waals surface area contributed by atoms with Crippen molar-refractivity contribution in [2.45, 2.75) is 168 Å². The van der Waals surface area contributed by atoms with E-state index in [0.717, 1.165) is 50.6 Å². The van der Waals surface area contributed by atoms with Crippen LogP contribution in [0.5, 0.6) is 17.2 Å². The maximum atomic E-state index is 10.8. The lowest BCUT2D eigenvalue weighted by Gasteiger charge is -2.47. The van der Waals surface area contributed by atoms with Crippen molar-refractivity contribution in [1.82, 2.24) is 0 Å². The lowest BCUT2D eigenvalue weighted by Crippen LogP contribution is -2.67. The highest BCUT2D eigenvalue weighted by Crippen LogP contribution is 2.54. The van der Waals surface area contributed by atoms with E-state index in [-0.39, 0.29) is 19.8 Å². The summed E-state index contributed by atoms with van der Waals surface area (Å²) in [7, 11) is 0. The third kappa shape index (κ3) is 12.5. The molecule has 6 heterocycles. The second kappa shape index (κ2) is 27.3. The van der Waals surface area contributed by atoms with Gasteiger partial charge in [-0.3, -0.25) is 0 Å². The van der Waals surface area contributed by atoms with Crippen molar-refractivity contribution in [3.05, 3.63) is 195 Å². The number of halogens is 1. The van der Waals surface area contributed by atoms with Crippen LogP contribution in [-0.4, -0.2) is 191 Å². The van der Waals surface area contributed by atoms with Gasteiger partial charge in [-0.25, -0.2) is 0 Å². The third-order valence-corrected chi connectivity index (χ3v) is 18.7. The first kappa shape index (κ1) is 68.2. The van der Waals surface area contributed by atoms with Crippen molar-refractivity contribution in [3.63, 3.8) is 0 Å². The molecule has 6 aliphatic heterocycles. The molecule has 6 aliphatic rings. The molecule has 12 rings (SSSR count). The van der Waals surface area contributed by atoms with Crippen LogP contribution in [0.1, 0.15) is 91.6 Å². The van der Waals surface area contributed by atoms with Crippen molar-refractivity contribution in [1.29, 1.82) is 0 Å². The minimum atomic E-state index is -1.73. The Morgan fingerprint density at radius 2 is 0.703 bits per heavy atom. The Bertz CT molecular complexity index is 3260. The van der Waals surface area contributed by atoms with Crippen molar-refractivity contribution in [2.24, 2.45) is 0 Å². The molecule has 91 heavy (non-hydrogen) atoms. The van der Waals surface area contributed by atoms with Crippen LogP contribution < -0.4 is 14.2 Å². The van der Waals surface area contributed by atoms with Gasteiger partial charge in [0.25, 0.3) is 0 Å². The number of ether oxygens (including phenoxy) is 9. The highest BCUT2D eigenvalue weighted by Gasteiger charge is 2.71. The molecule has 0 aromatic heterocycles. The first-order valence-electron chi connectivity index (χ1n) is 30.7. The molecule has 12 N–H and O–H groups in total. The molecule has 6 bridgehead atoms. The summed E-state index contributed by atoms with van der Waals surface area (Å²) in [5.41, 5.74) is 2.78. The Kier molecular flexibility index (Phi) is 20.5. The molecule has 21 nitrogen and oxygen atoms in total. The van der Waals surface area contributed by atoms with Gasteiger partial charge in [-0.05, 0) is 155 Å². The first-order chi connectivity index (χ1) is 43.4. The summed E-state index contributed by atoms with van der Waals surface area (Å²) in [6.07, 6.45) is -15.2. The zero-order valence-electron chi connectivity index (χ0n) is 51.5. The summed E-state index contributed by atoms with van der Waals surface area (Å²) in [6, 6.07) is 43.1. The molecular weight excluding hydrogens is 1200 g/mol. The Labute approximate surface area is 533 Å². The van der Waals surface area contributed by atoms with Crippen LogP contribution in [0.3, 0.4) is 0 Å². The summed E-state index contributed by atoms with van der Waals surface area (Å²) >= 11 is 6.43. The van der Waals surface area contributed by atoms with Gasteiger partial charge in [-0.15, -0.1) is 0 Å². The van der Waals surface area contributed by atoms with E-state index >= 15 is 0 Å². The summed E-state index contributed by atoms with van der Waals surface area (Å²) in [4.78, 5) is 0. The van der Waals surface area contributed by atoms with E-state index in [2.05, 4.69) is 0 Å². The quantitative estimate of drug-likeness (QED) is 0.0580. The fourth-order valence-corrected chi connectivity index (χ4v) is 13.1. The van der Waals surface area contributed by atoms with Gasteiger partial charge in [0.2, 0.25) is 17.4 Å². The van der Waals surface area contributed by atoms with E-state index < -0.39 is 107 Å². The van der Waals surface area contributed by atoms with Gasteiger partial charge in [-0.2, -0.15) is 0 Å². The predicted molar refractivity (Wildman–Crippen MR) is 329 cm³/mol. The van der Waals surface area contributed by atoms with Crippen molar-refractivity contribution >= 4 is 11.6 Å². The number of fused-ring (bicyclic) bond motifs is 6. The van der Waals surface area contributed by atoms with Crippen molar-refractivity contribution in [2.75, 3.05) is 39.6 Å². The van der Waals surface area contributed by atoms with E-state index in [0.29, 0.717) is 60.8 Å². The molecule has 0 radical (unpaired) electrons. The molecular formula is C69H83ClO21. The predicted octanol–water partition coefficient (Wildman–Crippen LogP) is 3.93. The maximum absolute atomic E-state index is 10.8. The van der Waals surface area contributed by atoms with E-state index in [9.17, 15) is 61.3 Å². The van der Waals surface area contributed by atoms with Crippen molar-refractivity contribution < 1.29 is 104 Å². The summed E-state index contributed by atoms with van der Waals surface area (Å²) in [6.45, 7) is 11.5. The van der Waals surface area contributed by atoms with Crippen molar-refractivity contribution in [3.8, 4) is 17.2 Å². The number of aliphatic hydroxyl groups is 12. The van der Waals surface area contributed by atoms with Gasteiger partial charge in [0, 0.05) is 21.7 Å². The largest absolute Gasteiger partial charge is 0.494 e. The molecule has 6 saturated heterocycles. The van der Waals surface area contributed by atoms with Gasteiger partial charge >= 0.3 is 0 Å². The summed E-state index contributed by atoms with van der Waals surface area (Å²) < 4.78 is 52.0. The zero-order valence-corrected chi connectivity index (χ0v) is 52.2. The molecule has 492 valence electrons. The second-order valence-electron chi connectivity index (χ2n) is 24.2. The Balaban J connectivity index is 0.000000150. The van der Waals surface area contributed by atoms with Crippen LogP contribution in [0.25, 0.3) is 0 Å². The van der Waals surface area contributed by atoms with Gasteiger partial charge in [0.15, 0.2) is 0 Å². The first-order valence-corrected chi connectivity index (χ1v) is 31.1. The molecule has 0 amide bonds. The summed E-state index contributed by atoms with van der Waals surface area (Å²) in [5, 5.41) is 126. The van der Waals surface area contributed by atoms with Gasteiger partial charge in [-0.1, -0.05) is 90.5 Å². The molecule has 22 heteroatoms. The van der Waals surface area contributed by atoms with Crippen LogP contribution in [0.2, 0.25) is 5.02 Å². The van der Waals surface area contributed by atoms with Gasteiger partial charge < -0.3 is 104 Å². The average Bonchev–Trinajstić information content (AvgIpc) is 1.61. The fourth-order valence-electron chi connectivity index (χ4n) is 12.9. The summed E-state index contributed by atoms with van der Waals surface area (Å²) in [5.74, 6) is -2.64. The SMILES string of the molecule is CCOc1ccc(Cc2cc([C@]34OC[C@](C(C)O)(O3)[C@@H](O)[C@H](O)[C@H]4O)ccc2Cl)cc1.CCOc1ccc(Cc2cccc([C@]34OC[C@](C(C)O)(O3)[C@@H](O)[C@H](O)[C@H]4O)c2)cc1.CCOc1ccc(Cc2cccc([C@]34OC[C@](C(C)O)(O3)[C@@H](O)[C@H](O)[C@H]4O)c2)cc1. The fraction of sp³-hybridized carbons (Fsp3) is 0.478. The molecule has 6 aromatic rings. The molecule has 0 aliphatic carbocycles. The van der Waals surface area contributed by atoms with Crippen LogP contribution in [0.4, 0.5) is 0 Å². The lowest BCUT2D eigenvalue weighted by molar-refractivity contribution is -0.337. The van der Waals surface area contributed by atoms with Crippen LogP contribution >= 0.6 is 11.6 Å². The molecule has 6 fully saturated rings. The number of benzene rings is 6. The average molecular weight is 1280 g/mol. The van der Waals surface area contributed by atoms with Gasteiger partial charge in [0.1, 0.15) is 89.0 Å². The van der Waals surface area contributed by atoms with E-state index in [1.54, 1.807) is 30.3 Å². The number of hydrogen-bond acceptors (Lipinski definition) is 21. The zero-order chi connectivity index (χ0) is 65.4. The highest BCUT2D eigenvalue weighted by molar-refractivity contribution is 6.31. The Morgan fingerprint density at radius 3 is 1.01 bits per heavy atom. The lowest BCUT2D eigenvalue weighted by atomic mass is 9.81. The third-order valence-electron chi connectivity index (χ3n) is 18.3. The topological polar surface area (TPSA) is 326 Å². The smallest absolute Gasteiger partial charge is 0.225 e. The number of hydrogen-bond donors (Lipinski definition) is 12. The van der Waals surface area contributed by atoms with E-state index in [1.807, 2.05) is 130 Å². The molecule has 0 spiro atoms. The van der Waals surface area contributed by atoms with Crippen LogP contribution in [0, 0.1) is 0 Å². The minimum absolute atomic E-state index is 0.150. The van der Waals surface area contributed by atoms with Crippen LogP contribution in [0.15, 0.2) is 140 Å². The Morgan fingerprint density at radius 1 is 0.396 bits per heavy atom. The number of rotatable bonds is 18. The monoisotopic (exact) mass is 1280 g/mol. The molecule has 6 aromatic carbocycles. The highest BCUT2D eigenvalue weighted by atomic mass is 35.5. The second-order valence-corrected chi connectivity index (χ2v) is 24.6. The van der Waals surface area contributed by atoms with Crippen LogP contribution in [-0.2, 0) is 65.0 Å². The minimum Gasteiger partial charge on any atom is -0.494 e. The standard InChI is InChI=1S/C23H27ClO7.2C23H28O7/c1-3-29-17-7-4-14(5-8-17)10-15-11-16(6-9-18(15)24)23-21(28)19(26)20(27)22(31-23,12-30-23)13(2)25;2*1-3-28-18-9-7-15(8-10-18)11-16-5-4-6-17(12-16)23-21(27)19(25)20(26)22(30-23,13-29-23)14(2)24/h4-9,11,13,19-21,25-28H,3,10,12H2,1-2H3;2*4-10,12,14,19-21,24-27H,3,11,13H2,1-2H3/t13?,19-,20-,21+,22+,23-;2*14?,19-,20-,21+,22+,23-/m000/s1. The molecule has 3 unspecified atom stereocenters. The normalized spacial score (nSPS) is 33.8. The maximum Gasteiger partial charge on any atom is 0.225 e. The molecule has 18 atom stereocenters. The van der Waals surface area contributed by atoms with E-state index in [1.165, 1.54) is 20.8 Å². The molecule has 0 saturated carbocycles. The van der Waals surface area contributed by atoms with Gasteiger partial charge in [0.05, 0.1) is 58.0 Å². The van der Waals surface area contributed by atoms with E-state index in [4.69, 9.17) is 54.2 Å².